The molecule has 0 saturated heterocycles. The number of hydrogen-bond acceptors (Lipinski definition) is 3. The Morgan fingerprint density at radius 3 is 2.84 bits per heavy atom. The highest BCUT2D eigenvalue weighted by molar-refractivity contribution is 6.61. The van der Waals surface area contributed by atoms with Gasteiger partial charge in [-0.05, 0) is 17.1 Å². The van der Waals surface area contributed by atoms with Crippen molar-refractivity contribution in [1.82, 2.24) is 0 Å². The monoisotopic (exact) mass is 258 g/mol. The summed E-state index contributed by atoms with van der Waals surface area (Å²) < 4.78 is 24.3. The van der Waals surface area contributed by atoms with E-state index in [-0.39, 0.29) is 6.61 Å². The van der Waals surface area contributed by atoms with Crippen LogP contribution in [0, 0.1) is 5.82 Å². The molecule has 2 aromatic carbocycles. The molecule has 1 aliphatic heterocycles. The molecule has 0 atom stereocenters. The van der Waals surface area contributed by atoms with Gasteiger partial charge < -0.3 is 14.4 Å². The first-order valence-corrected chi connectivity index (χ1v) is 6.03. The van der Waals surface area contributed by atoms with Crippen molar-refractivity contribution in [3.05, 3.63) is 59.4 Å². The normalized spacial score (nSPS) is 13.5. The van der Waals surface area contributed by atoms with Crippen LogP contribution in [-0.4, -0.2) is 12.1 Å². The molecule has 3 rings (SSSR count). The lowest BCUT2D eigenvalue weighted by atomic mass is 9.79. The van der Waals surface area contributed by atoms with Gasteiger partial charge in [0.2, 0.25) is 0 Å². The highest BCUT2D eigenvalue weighted by atomic mass is 19.1. The maximum Gasteiger partial charge on any atom is 0.492 e. The van der Waals surface area contributed by atoms with E-state index in [1.54, 1.807) is 6.07 Å². The summed E-state index contributed by atoms with van der Waals surface area (Å²) in [6, 6.07) is 12.6. The minimum Gasteiger partial charge on any atom is -0.489 e. The van der Waals surface area contributed by atoms with Crippen molar-refractivity contribution in [3.63, 3.8) is 0 Å². The summed E-state index contributed by atoms with van der Waals surface area (Å²) in [4.78, 5) is 0. The van der Waals surface area contributed by atoms with E-state index >= 15 is 0 Å². The van der Waals surface area contributed by atoms with Gasteiger partial charge in [0, 0.05) is 11.6 Å². The molecule has 0 radical (unpaired) electrons. The average Bonchev–Trinajstić information content (AvgIpc) is 2.80. The zero-order valence-corrected chi connectivity index (χ0v) is 10.2. The van der Waals surface area contributed by atoms with E-state index in [2.05, 4.69) is 0 Å². The molecule has 0 saturated carbocycles. The fourth-order valence-electron chi connectivity index (χ4n) is 2.08. The van der Waals surface area contributed by atoms with E-state index in [1.807, 2.05) is 30.3 Å². The first-order chi connectivity index (χ1) is 9.24. The summed E-state index contributed by atoms with van der Waals surface area (Å²) in [5, 5.41) is 9.57. The SMILES string of the molecule is OB1OCc2c(F)cc(OCc3ccccc3)cc21. The van der Waals surface area contributed by atoms with Crippen LogP contribution >= 0.6 is 0 Å². The molecule has 96 valence electrons. The second-order valence-electron chi connectivity index (χ2n) is 4.41. The Morgan fingerprint density at radius 2 is 2.05 bits per heavy atom. The Morgan fingerprint density at radius 1 is 1.26 bits per heavy atom. The van der Waals surface area contributed by atoms with Crippen molar-refractivity contribution in [2.75, 3.05) is 0 Å². The van der Waals surface area contributed by atoms with E-state index in [0.717, 1.165) is 5.56 Å². The van der Waals surface area contributed by atoms with Gasteiger partial charge in [0.1, 0.15) is 18.2 Å². The summed E-state index contributed by atoms with van der Waals surface area (Å²) in [6.45, 7) is 0.456. The second-order valence-corrected chi connectivity index (χ2v) is 4.41. The van der Waals surface area contributed by atoms with E-state index < -0.39 is 12.9 Å². The average molecular weight is 258 g/mol. The van der Waals surface area contributed by atoms with Gasteiger partial charge >= 0.3 is 7.12 Å². The molecule has 0 fully saturated rings. The number of rotatable bonds is 3. The van der Waals surface area contributed by atoms with Gasteiger partial charge in [-0.3, -0.25) is 0 Å². The highest BCUT2D eigenvalue weighted by Crippen LogP contribution is 2.21. The molecule has 2 aromatic rings. The zero-order chi connectivity index (χ0) is 13.2. The van der Waals surface area contributed by atoms with Crippen LogP contribution in [0.15, 0.2) is 42.5 Å². The molecule has 1 N–H and O–H groups in total. The first-order valence-electron chi connectivity index (χ1n) is 6.03. The smallest absolute Gasteiger partial charge is 0.489 e. The molecule has 19 heavy (non-hydrogen) atoms. The lowest BCUT2D eigenvalue weighted by Gasteiger charge is -2.09. The van der Waals surface area contributed by atoms with Gasteiger partial charge in [-0.2, -0.15) is 0 Å². The standard InChI is InChI=1S/C14H12BFO3/c16-14-7-11(6-13-12(14)9-19-15(13)17)18-8-10-4-2-1-3-5-10/h1-7,17H,8-9H2. The third-order valence-electron chi connectivity index (χ3n) is 3.10. The van der Waals surface area contributed by atoms with E-state index in [1.165, 1.54) is 6.07 Å². The lowest BCUT2D eigenvalue weighted by Crippen LogP contribution is -2.28. The van der Waals surface area contributed by atoms with Crippen molar-refractivity contribution in [2.45, 2.75) is 13.2 Å². The van der Waals surface area contributed by atoms with Crippen LogP contribution in [0.25, 0.3) is 0 Å². The van der Waals surface area contributed by atoms with E-state index in [9.17, 15) is 9.41 Å². The van der Waals surface area contributed by atoms with Crippen molar-refractivity contribution in [3.8, 4) is 5.75 Å². The fraction of sp³-hybridized carbons (Fsp3) is 0.143. The quantitative estimate of drug-likeness (QED) is 0.850. The van der Waals surface area contributed by atoms with Crippen LogP contribution < -0.4 is 10.2 Å². The van der Waals surface area contributed by atoms with E-state index in [0.29, 0.717) is 23.4 Å². The fourth-order valence-corrected chi connectivity index (χ4v) is 2.08. The molecule has 1 aliphatic rings. The van der Waals surface area contributed by atoms with Gasteiger partial charge in [-0.1, -0.05) is 30.3 Å². The third-order valence-corrected chi connectivity index (χ3v) is 3.10. The molecule has 0 aromatic heterocycles. The molecular weight excluding hydrogens is 246 g/mol. The van der Waals surface area contributed by atoms with Gasteiger partial charge in [0.15, 0.2) is 0 Å². The molecule has 1 heterocycles. The van der Waals surface area contributed by atoms with Crippen LogP contribution in [0.1, 0.15) is 11.1 Å². The third kappa shape index (κ3) is 2.48. The zero-order valence-electron chi connectivity index (χ0n) is 10.2. The Balaban J connectivity index is 1.79. The van der Waals surface area contributed by atoms with Crippen LogP contribution in [0.4, 0.5) is 4.39 Å². The second kappa shape index (κ2) is 5.03. The summed E-state index contributed by atoms with van der Waals surface area (Å²) >= 11 is 0. The first kappa shape index (κ1) is 12.2. The number of ether oxygens (including phenoxy) is 1. The Bertz CT molecular complexity index is 589. The van der Waals surface area contributed by atoms with Gasteiger partial charge in [-0.15, -0.1) is 0 Å². The Labute approximate surface area is 110 Å². The maximum atomic E-state index is 13.8. The van der Waals surface area contributed by atoms with Gasteiger partial charge in [0.05, 0.1) is 6.61 Å². The number of benzene rings is 2. The van der Waals surface area contributed by atoms with Crippen molar-refractivity contribution in [1.29, 1.82) is 0 Å². The summed E-state index contributed by atoms with van der Waals surface area (Å²) in [5.41, 5.74) is 1.85. The molecule has 5 heteroatoms. The number of halogens is 1. The predicted molar refractivity (Wildman–Crippen MR) is 69.6 cm³/mol. The molecular formula is C14H12BFO3. The number of hydrogen-bond donors (Lipinski definition) is 1. The van der Waals surface area contributed by atoms with Crippen LogP contribution in [-0.2, 0) is 17.9 Å². The van der Waals surface area contributed by atoms with Crippen LogP contribution in [0.3, 0.4) is 0 Å². The molecule has 0 bridgehead atoms. The van der Waals surface area contributed by atoms with Crippen molar-refractivity contribution >= 4 is 12.6 Å². The lowest BCUT2D eigenvalue weighted by molar-refractivity contribution is 0.272. The minimum absolute atomic E-state index is 0.0985. The Kier molecular flexibility index (Phi) is 3.23. The predicted octanol–water partition coefficient (Wildman–Crippen LogP) is 1.62. The highest BCUT2D eigenvalue weighted by Gasteiger charge is 2.30. The number of fused-ring (bicyclic) bond motifs is 1. The summed E-state index contributed by atoms with van der Waals surface area (Å²) in [7, 11) is -1.07. The van der Waals surface area contributed by atoms with Crippen LogP contribution in [0.5, 0.6) is 5.75 Å². The summed E-state index contributed by atoms with van der Waals surface area (Å²) in [5.74, 6) is -0.0123. The van der Waals surface area contributed by atoms with Crippen LogP contribution in [0.2, 0.25) is 0 Å². The molecule has 0 amide bonds. The van der Waals surface area contributed by atoms with E-state index in [4.69, 9.17) is 9.39 Å². The molecule has 0 spiro atoms. The largest absolute Gasteiger partial charge is 0.492 e. The molecule has 0 aliphatic carbocycles. The van der Waals surface area contributed by atoms with Crippen molar-refractivity contribution < 1.29 is 18.8 Å². The van der Waals surface area contributed by atoms with Crippen molar-refractivity contribution in [2.24, 2.45) is 0 Å². The maximum absolute atomic E-state index is 13.8. The summed E-state index contributed by atoms with van der Waals surface area (Å²) in [6.07, 6.45) is 0. The topological polar surface area (TPSA) is 38.7 Å². The minimum atomic E-state index is -1.07. The molecule has 3 nitrogen and oxygen atoms in total. The van der Waals surface area contributed by atoms with Gasteiger partial charge in [-0.25, -0.2) is 4.39 Å². The van der Waals surface area contributed by atoms with Gasteiger partial charge in [0.25, 0.3) is 0 Å². The molecule has 0 unspecified atom stereocenters. The Hall–Kier alpha value is -1.85.